The zero-order chi connectivity index (χ0) is 31.8. The first-order valence-electron chi connectivity index (χ1n) is 14.4. The second kappa shape index (κ2) is 14.6. The number of nitrogens with one attached hydrogen (secondary N) is 1. The fourth-order valence-corrected chi connectivity index (χ4v) is 4.97. The van der Waals surface area contributed by atoms with E-state index in [1.165, 1.54) is 6.08 Å². The first kappa shape index (κ1) is 31.3. The predicted molar refractivity (Wildman–Crippen MR) is 173 cm³/mol. The number of barbiturate groups is 1. The predicted octanol–water partition coefficient (Wildman–Crippen LogP) is 7.07. The molecule has 1 saturated heterocycles. The Bertz CT molecular complexity index is 1720. The number of anilines is 1. The van der Waals surface area contributed by atoms with Crippen molar-refractivity contribution in [3.05, 3.63) is 118 Å². The number of hydrogen-bond donors (Lipinski definition) is 1. The average molecular weight is 672 g/mol. The summed E-state index contributed by atoms with van der Waals surface area (Å²) in [5.41, 5.74) is 2.42. The van der Waals surface area contributed by atoms with Gasteiger partial charge in [0.25, 0.3) is 11.8 Å². The number of urea groups is 1. The minimum atomic E-state index is -0.835. The van der Waals surface area contributed by atoms with E-state index in [-0.39, 0.29) is 12.2 Å². The Morgan fingerprint density at radius 3 is 2.13 bits per heavy atom. The summed E-state index contributed by atoms with van der Waals surface area (Å²) in [6.45, 7) is 5.27. The summed E-state index contributed by atoms with van der Waals surface area (Å²) >= 11 is 3.45. The third kappa shape index (κ3) is 7.71. The van der Waals surface area contributed by atoms with E-state index in [0.717, 1.165) is 16.0 Å². The van der Waals surface area contributed by atoms with Crippen LogP contribution in [0.2, 0.25) is 0 Å². The van der Waals surface area contributed by atoms with Crippen LogP contribution in [-0.2, 0) is 22.8 Å². The molecular weight excluding hydrogens is 640 g/mol. The number of nitrogens with zero attached hydrogens (tertiary/aromatic N) is 1. The van der Waals surface area contributed by atoms with Crippen LogP contribution in [0.5, 0.6) is 23.0 Å². The summed E-state index contributed by atoms with van der Waals surface area (Å²) in [6, 6.07) is 26.3. The van der Waals surface area contributed by atoms with E-state index in [1.807, 2.05) is 62.4 Å². The van der Waals surface area contributed by atoms with Crippen molar-refractivity contribution in [2.75, 3.05) is 18.1 Å². The Morgan fingerprint density at radius 1 is 0.711 bits per heavy atom. The molecule has 1 aliphatic heterocycles. The van der Waals surface area contributed by atoms with Crippen LogP contribution in [0.1, 0.15) is 30.5 Å². The molecule has 10 heteroatoms. The van der Waals surface area contributed by atoms with Gasteiger partial charge in [0, 0.05) is 10.0 Å². The Morgan fingerprint density at radius 2 is 1.40 bits per heavy atom. The molecule has 45 heavy (non-hydrogen) atoms. The molecule has 4 amide bonds. The van der Waals surface area contributed by atoms with Crippen molar-refractivity contribution in [2.45, 2.75) is 27.1 Å². The average Bonchev–Trinajstić information content (AvgIpc) is 3.03. The second-order valence-corrected chi connectivity index (χ2v) is 10.8. The Labute approximate surface area is 269 Å². The van der Waals surface area contributed by atoms with E-state index in [4.69, 9.17) is 18.9 Å². The molecule has 4 aromatic carbocycles. The number of benzene rings is 4. The van der Waals surface area contributed by atoms with Gasteiger partial charge < -0.3 is 18.9 Å². The van der Waals surface area contributed by atoms with E-state index in [9.17, 15) is 14.4 Å². The van der Waals surface area contributed by atoms with Gasteiger partial charge in [0.15, 0.2) is 11.5 Å². The van der Waals surface area contributed by atoms with Crippen LogP contribution >= 0.6 is 15.9 Å². The van der Waals surface area contributed by atoms with E-state index >= 15 is 0 Å². The van der Waals surface area contributed by atoms with Gasteiger partial charge in [0.05, 0.1) is 18.9 Å². The van der Waals surface area contributed by atoms with E-state index in [0.29, 0.717) is 58.5 Å². The van der Waals surface area contributed by atoms with Crippen LogP contribution in [0.25, 0.3) is 6.08 Å². The van der Waals surface area contributed by atoms with Crippen LogP contribution in [0, 0.1) is 0 Å². The molecule has 1 aliphatic rings. The molecule has 0 radical (unpaired) electrons. The molecule has 0 aliphatic carbocycles. The molecule has 230 valence electrons. The Kier molecular flexibility index (Phi) is 10.2. The topological polar surface area (TPSA) is 103 Å². The molecule has 0 spiro atoms. The fraction of sp³-hybridized carbons (Fsp3) is 0.171. The molecule has 0 atom stereocenters. The highest BCUT2D eigenvalue weighted by molar-refractivity contribution is 9.10. The summed E-state index contributed by atoms with van der Waals surface area (Å²) in [5, 5.41) is 2.25. The van der Waals surface area contributed by atoms with Crippen LogP contribution in [0.4, 0.5) is 10.5 Å². The molecule has 1 N–H and O–H groups in total. The molecule has 5 rings (SSSR count). The highest BCUT2D eigenvalue weighted by Gasteiger charge is 2.37. The monoisotopic (exact) mass is 670 g/mol. The summed E-state index contributed by atoms with van der Waals surface area (Å²) in [5.74, 6) is 0.676. The minimum absolute atomic E-state index is 0.174. The van der Waals surface area contributed by atoms with E-state index < -0.39 is 17.8 Å². The summed E-state index contributed by atoms with van der Waals surface area (Å²) in [4.78, 5) is 39.9. The lowest BCUT2D eigenvalue weighted by Gasteiger charge is -2.26. The third-order valence-corrected chi connectivity index (χ3v) is 7.21. The van der Waals surface area contributed by atoms with Crippen molar-refractivity contribution < 1.29 is 33.3 Å². The van der Waals surface area contributed by atoms with Crippen molar-refractivity contribution in [1.82, 2.24) is 5.32 Å². The zero-order valence-electron chi connectivity index (χ0n) is 24.7. The SMILES string of the molecule is CCOc1ccc(N2C(=O)NC(=O)/C(=C\c3cc(Br)ccc3OCc3ccc(OCc4ccccc4)c(OCC)c3)C2=O)cc1. The maximum absolute atomic E-state index is 13.5. The number of carbonyl (C=O) groups is 3. The first-order valence-corrected chi connectivity index (χ1v) is 15.1. The van der Waals surface area contributed by atoms with Gasteiger partial charge in [0.1, 0.15) is 30.3 Å². The van der Waals surface area contributed by atoms with Crippen LogP contribution < -0.4 is 29.2 Å². The fourth-order valence-electron chi connectivity index (χ4n) is 4.60. The van der Waals surface area contributed by atoms with Gasteiger partial charge in [-0.25, -0.2) is 9.69 Å². The maximum atomic E-state index is 13.5. The molecule has 1 heterocycles. The molecule has 0 aromatic heterocycles. The highest BCUT2D eigenvalue weighted by atomic mass is 79.9. The van der Waals surface area contributed by atoms with Gasteiger partial charge in [-0.1, -0.05) is 52.3 Å². The second-order valence-electron chi connectivity index (χ2n) is 9.84. The molecule has 0 saturated carbocycles. The van der Waals surface area contributed by atoms with Crippen LogP contribution in [-0.4, -0.2) is 31.1 Å². The summed E-state index contributed by atoms with van der Waals surface area (Å²) in [6.07, 6.45) is 1.41. The molecule has 1 fully saturated rings. The van der Waals surface area contributed by atoms with Gasteiger partial charge in [0.2, 0.25) is 0 Å². The van der Waals surface area contributed by atoms with Crippen molar-refractivity contribution in [1.29, 1.82) is 0 Å². The number of rotatable bonds is 12. The van der Waals surface area contributed by atoms with Crippen LogP contribution in [0.15, 0.2) is 101 Å². The molecular formula is C35H31BrN2O7. The van der Waals surface area contributed by atoms with Gasteiger partial charge >= 0.3 is 6.03 Å². The van der Waals surface area contributed by atoms with Gasteiger partial charge in [-0.2, -0.15) is 0 Å². The van der Waals surface area contributed by atoms with E-state index in [2.05, 4.69) is 21.2 Å². The van der Waals surface area contributed by atoms with Crippen molar-refractivity contribution >= 4 is 45.5 Å². The van der Waals surface area contributed by atoms with Crippen LogP contribution in [0.3, 0.4) is 0 Å². The van der Waals surface area contributed by atoms with E-state index in [1.54, 1.807) is 42.5 Å². The number of carbonyl (C=O) groups excluding carboxylic acids is 3. The largest absolute Gasteiger partial charge is 0.494 e. The number of ether oxygens (including phenoxy) is 4. The molecule has 0 bridgehead atoms. The lowest BCUT2D eigenvalue weighted by molar-refractivity contribution is -0.122. The Hall–Kier alpha value is -5.09. The van der Waals surface area contributed by atoms with Crippen molar-refractivity contribution in [3.63, 3.8) is 0 Å². The van der Waals surface area contributed by atoms with Gasteiger partial charge in [-0.15, -0.1) is 0 Å². The number of amides is 4. The summed E-state index contributed by atoms with van der Waals surface area (Å²) < 4.78 is 24.2. The molecule has 0 unspecified atom stereocenters. The lowest BCUT2D eigenvalue weighted by atomic mass is 10.1. The quantitative estimate of drug-likeness (QED) is 0.127. The van der Waals surface area contributed by atoms with Gasteiger partial charge in [-0.3, -0.25) is 14.9 Å². The standard InChI is InChI=1S/C35H31BrN2O7/c1-3-42-28-14-12-27(13-15-28)38-34(40)29(33(39)37-35(38)41)20-25-19-26(36)11-17-30(25)44-22-24-10-16-31(32(18-24)43-4-2)45-21-23-8-6-5-7-9-23/h5-20H,3-4,21-22H2,1-2H3,(H,37,39,41)/b29-20+. The smallest absolute Gasteiger partial charge is 0.335 e. The van der Waals surface area contributed by atoms with Crippen molar-refractivity contribution in [2.24, 2.45) is 0 Å². The number of hydrogen-bond acceptors (Lipinski definition) is 7. The molecule has 9 nitrogen and oxygen atoms in total. The number of halogens is 1. The molecule has 4 aromatic rings. The zero-order valence-corrected chi connectivity index (χ0v) is 26.3. The third-order valence-electron chi connectivity index (χ3n) is 6.72. The van der Waals surface area contributed by atoms with Gasteiger partial charge in [-0.05, 0) is 85.6 Å². The normalized spacial score (nSPS) is 13.9. The first-order chi connectivity index (χ1) is 21.9. The van der Waals surface area contributed by atoms with Crippen molar-refractivity contribution in [3.8, 4) is 23.0 Å². The lowest BCUT2D eigenvalue weighted by Crippen LogP contribution is -2.54. The number of imide groups is 2. The Balaban J connectivity index is 1.36. The summed E-state index contributed by atoms with van der Waals surface area (Å²) in [7, 11) is 0. The highest BCUT2D eigenvalue weighted by Crippen LogP contribution is 2.32. The minimum Gasteiger partial charge on any atom is -0.494 e. The maximum Gasteiger partial charge on any atom is 0.335 e.